The quantitative estimate of drug-likeness (QED) is 0.673. The second-order valence-electron chi connectivity index (χ2n) is 4.80. The van der Waals surface area contributed by atoms with Crippen molar-refractivity contribution in [3.05, 3.63) is 28.7 Å². The average molecular weight is 346 g/mol. The van der Waals surface area contributed by atoms with Gasteiger partial charge < -0.3 is 10.1 Å². The molecule has 0 heterocycles. The summed E-state index contributed by atoms with van der Waals surface area (Å²) in [5, 5.41) is 3.55. The number of thioether (sulfide) groups is 1. The molecule has 0 spiro atoms. The highest BCUT2D eigenvalue weighted by atomic mass is 79.9. The normalized spacial score (nSPS) is 12.9. The molecule has 0 fully saturated rings. The van der Waals surface area contributed by atoms with Crippen molar-refractivity contribution in [2.45, 2.75) is 44.2 Å². The molecule has 1 N–H and O–H groups in total. The number of ether oxygens (including phenoxy) is 1. The fraction of sp³-hybridized carbons (Fsp3) is 0.600. The van der Waals surface area contributed by atoms with Gasteiger partial charge in [0.15, 0.2) is 0 Å². The summed E-state index contributed by atoms with van der Waals surface area (Å²) in [5.74, 6) is 1.04. The van der Waals surface area contributed by atoms with Gasteiger partial charge >= 0.3 is 0 Å². The van der Waals surface area contributed by atoms with E-state index in [1.807, 2.05) is 11.8 Å². The molecule has 0 aromatic heterocycles. The lowest BCUT2D eigenvalue weighted by molar-refractivity contribution is 0.0655. The zero-order valence-corrected chi connectivity index (χ0v) is 14.4. The van der Waals surface area contributed by atoms with Crippen molar-refractivity contribution in [1.82, 2.24) is 5.32 Å². The minimum Gasteiger partial charge on any atom is -0.377 e. The van der Waals surface area contributed by atoms with Crippen molar-refractivity contribution in [1.29, 1.82) is 0 Å². The van der Waals surface area contributed by atoms with Gasteiger partial charge in [-0.3, -0.25) is 0 Å². The van der Waals surface area contributed by atoms with E-state index in [9.17, 15) is 0 Å². The summed E-state index contributed by atoms with van der Waals surface area (Å²) >= 11 is 5.33. The van der Waals surface area contributed by atoms with Gasteiger partial charge in [0.05, 0.1) is 12.7 Å². The van der Waals surface area contributed by atoms with E-state index in [-0.39, 0.29) is 0 Å². The smallest absolute Gasteiger partial charge is 0.0631 e. The Bertz CT molecular complexity index is 343. The van der Waals surface area contributed by atoms with Crippen molar-refractivity contribution in [2.24, 2.45) is 0 Å². The number of halogens is 1. The monoisotopic (exact) mass is 345 g/mol. The predicted molar refractivity (Wildman–Crippen MR) is 88.0 cm³/mol. The Morgan fingerprint density at radius 3 is 2.53 bits per heavy atom. The number of rotatable bonds is 9. The van der Waals surface area contributed by atoms with Crippen molar-refractivity contribution in [3.8, 4) is 0 Å². The van der Waals surface area contributed by atoms with Crippen molar-refractivity contribution < 1.29 is 4.74 Å². The molecule has 0 aliphatic rings. The van der Waals surface area contributed by atoms with Crippen LogP contribution in [0.25, 0.3) is 0 Å². The molecule has 19 heavy (non-hydrogen) atoms. The van der Waals surface area contributed by atoms with Gasteiger partial charge in [0.25, 0.3) is 0 Å². The van der Waals surface area contributed by atoms with E-state index in [1.54, 1.807) is 0 Å². The standard InChI is InChI=1S/C15H24BrNOS/c1-4-9-17-14(10-18-12(2)3)11-19-15-7-5-13(16)6-8-15/h5-8,12,14,17H,4,9-11H2,1-3H3. The molecule has 1 rings (SSSR count). The number of nitrogens with one attached hydrogen (secondary N) is 1. The Balaban J connectivity index is 2.39. The Morgan fingerprint density at radius 1 is 1.26 bits per heavy atom. The van der Waals surface area contributed by atoms with Gasteiger partial charge in [0, 0.05) is 21.2 Å². The first-order valence-electron chi connectivity index (χ1n) is 6.85. The van der Waals surface area contributed by atoms with E-state index in [0.717, 1.165) is 29.8 Å². The third-order valence-corrected chi connectivity index (χ3v) is 4.28. The first-order chi connectivity index (χ1) is 9.11. The van der Waals surface area contributed by atoms with Gasteiger partial charge in [-0.05, 0) is 51.1 Å². The molecule has 0 saturated carbocycles. The molecule has 108 valence electrons. The van der Waals surface area contributed by atoms with Crippen LogP contribution >= 0.6 is 27.7 Å². The van der Waals surface area contributed by atoms with E-state index in [0.29, 0.717) is 12.1 Å². The van der Waals surface area contributed by atoms with Crippen LogP contribution in [-0.2, 0) is 4.74 Å². The van der Waals surface area contributed by atoms with Gasteiger partial charge in [-0.2, -0.15) is 0 Å². The van der Waals surface area contributed by atoms with Crippen LogP contribution in [0, 0.1) is 0 Å². The number of benzene rings is 1. The van der Waals surface area contributed by atoms with E-state index in [4.69, 9.17) is 4.74 Å². The second-order valence-corrected chi connectivity index (χ2v) is 6.81. The van der Waals surface area contributed by atoms with Crippen LogP contribution in [0.1, 0.15) is 27.2 Å². The number of hydrogen-bond donors (Lipinski definition) is 1. The molecular weight excluding hydrogens is 322 g/mol. The summed E-state index contributed by atoms with van der Waals surface area (Å²) in [6.45, 7) is 8.18. The maximum absolute atomic E-state index is 5.73. The Kier molecular flexibility index (Phi) is 8.79. The predicted octanol–water partition coefficient (Wildman–Crippen LogP) is 4.33. The highest BCUT2D eigenvalue weighted by Crippen LogP contribution is 2.21. The van der Waals surface area contributed by atoms with Crippen LogP contribution in [0.4, 0.5) is 0 Å². The van der Waals surface area contributed by atoms with Crippen LogP contribution in [0.3, 0.4) is 0 Å². The fourth-order valence-electron chi connectivity index (χ4n) is 1.55. The minimum atomic E-state index is 0.295. The van der Waals surface area contributed by atoms with E-state index >= 15 is 0 Å². The molecule has 1 aromatic carbocycles. The summed E-state index contributed by atoms with van der Waals surface area (Å²) in [6, 6.07) is 8.88. The molecule has 0 radical (unpaired) electrons. The lowest BCUT2D eigenvalue weighted by Gasteiger charge is -2.19. The molecule has 2 nitrogen and oxygen atoms in total. The third kappa shape index (κ3) is 7.98. The molecule has 0 aliphatic heterocycles. The minimum absolute atomic E-state index is 0.295. The van der Waals surface area contributed by atoms with Gasteiger partial charge in [-0.25, -0.2) is 0 Å². The van der Waals surface area contributed by atoms with E-state index in [1.165, 1.54) is 4.90 Å². The summed E-state index contributed by atoms with van der Waals surface area (Å²) < 4.78 is 6.85. The van der Waals surface area contributed by atoms with Gasteiger partial charge in [0.1, 0.15) is 0 Å². The molecule has 0 aliphatic carbocycles. The van der Waals surface area contributed by atoms with Gasteiger partial charge in [-0.15, -0.1) is 11.8 Å². The van der Waals surface area contributed by atoms with Crippen molar-refractivity contribution >= 4 is 27.7 Å². The molecule has 0 amide bonds. The number of hydrogen-bond acceptors (Lipinski definition) is 3. The Morgan fingerprint density at radius 2 is 1.95 bits per heavy atom. The maximum Gasteiger partial charge on any atom is 0.0631 e. The highest BCUT2D eigenvalue weighted by Gasteiger charge is 2.09. The van der Waals surface area contributed by atoms with Crippen LogP contribution < -0.4 is 5.32 Å². The zero-order chi connectivity index (χ0) is 14.1. The summed E-state index contributed by atoms with van der Waals surface area (Å²) in [5.41, 5.74) is 0. The van der Waals surface area contributed by atoms with Crippen LogP contribution in [0.5, 0.6) is 0 Å². The Hall–Kier alpha value is -0.0300. The lowest BCUT2D eigenvalue weighted by atomic mass is 10.3. The average Bonchev–Trinajstić information content (AvgIpc) is 2.39. The van der Waals surface area contributed by atoms with Gasteiger partial charge in [-0.1, -0.05) is 22.9 Å². The van der Waals surface area contributed by atoms with E-state index < -0.39 is 0 Å². The zero-order valence-electron chi connectivity index (χ0n) is 12.0. The first kappa shape index (κ1) is 17.0. The molecule has 0 bridgehead atoms. The second kappa shape index (κ2) is 9.81. The van der Waals surface area contributed by atoms with E-state index in [2.05, 4.69) is 66.3 Å². The molecule has 1 unspecified atom stereocenters. The topological polar surface area (TPSA) is 21.3 Å². The first-order valence-corrected chi connectivity index (χ1v) is 8.63. The van der Waals surface area contributed by atoms with Crippen molar-refractivity contribution in [3.63, 3.8) is 0 Å². The fourth-order valence-corrected chi connectivity index (χ4v) is 2.75. The Labute approximate surface area is 129 Å². The SMILES string of the molecule is CCCNC(COC(C)C)CSc1ccc(Br)cc1. The summed E-state index contributed by atoms with van der Waals surface area (Å²) in [6.07, 6.45) is 1.45. The van der Waals surface area contributed by atoms with Crippen LogP contribution in [0.15, 0.2) is 33.6 Å². The molecule has 1 aromatic rings. The largest absolute Gasteiger partial charge is 0.377 e. The van der Waals surface area contributed by atoms with Crippen LogP contribution in [0.2, 0.25) is 0 Å². The molecule has 4 heteroatoms. The highest BCUT2D eigenvalue weighted by molar-refractivity contribution is 9.10. The third-order valence-electron chi connectivity index (χ3n) is 2.58. The lowest BCUT2D eigenvalue weighted by Crippen LogP contribution is -2.37. The van der Waals surface area contributed by atoms with Crippen LogP contribution in [-0.4, -0.2) is 31.1 Å². The summed E-state index contributed by atoms with van der Waals surface area (Å²) in [7, 11) is 0. The summed E-state index contributed by atoms with van der Waals surface area (Å²) in [4.78, 5) is 1.30. The molecule has 0 saturated heterocycles. The van der Waals surface area contributed by atoms with Gasteiger partial charge in [0.2, 0.25) is 0 Å². The maximum atomic E-state index is 5.73. The molecule has 1 atom stereocenters. The molecular formula is C15H24BrNOS. The van der Waals surface area contributed by atoms with Crippen molar-refractivity contribution in [2.75, 3.05) is 18.9 Å².